The maximum absolute atomic E-state index is 13.7. The Hall–Kier alpha value is -4.01. The van der Waals surface area contributed by atoms with E-state index in [1.807, 2.05) is 0 Å². The van der Waals surface area contributed by atoms with E-state index in [1.165, 1.54) is 30.6 Å². The van der Waals surface area contributed by atoms with Crippen LogP contribution in [0.4, 0.5) is 8.78 Å². The van der Waals surface area contributed by atoms with Gasteiger partial charge in [-0.15, -0.1) is 0 Å². The number of nitrogens with two attached hydrogens (primary N) is 1. The van der Waals surface area contributed by atoms with Crippen LogP contribution in [-0.4, -0.2) is 33.1 Å². The van der Waals surface area contributed by atoms with Crippen molar-refractivity contribution in [2.45, 2.75) is 6.54 Å². The second-order valence-corrected chi connectivity index (χ2v) is 6.64. The normalized spacial score (nSPS) is 11.1. The van der Waals surface area contributed by atoms with E-state index in [9.17, 15) is 18.4 Å². The van der Waals surface area contributed by atoms with Crippen molar-refractivity contribution in [1.29, 1.82) is 0 Å². The second kappa shape index (κ2) is 7.43. The van der Waals surface area contributed by atoms with Crippen molar-refractivity contribution < 1.29 is 28.2 Å². The molecule has 0 aliphatic heterocycles. The summed E-state index contributed by atoms with van der Waals surface area (Å²) in [5.41, 5.74) is 7.15. The molecule has 0 saturated heterocycles. The predicted octanol–water partition coefficient (Wildman–Crippen LogP) is 3.08. The number of amides is 1. The predicted molar refractivity (Wildman–Crippen MR) is 104 cm³/mol. The van der Waals surface area contributed by atoms with Gasteiger partial charge >= 0.3 is 5.97 Å². The number of benzene rings is 2. The van der Waals surface area contributed by atoms with Crippen molar-refractivity contribution in [1.82, 2.24) is 9.55 Å². The minimum Gasteiger partial charge on any atom is -0.480 e. The highest BCUT2D eigenvalue weighted by molar-refractivity contribution is 6.19. The first-order valence-corrected chi connectivity index (χ1v) is 8.83. The fourth-order valence-corrected chi connectivity index (χ4v) is 3.55. The third kappa shape index (κ3) is 3.41. The molecule has 152 valence electrons. The van der Waals surface area contributed by atoms with Crippen molar-refractivity contribution in [3.05, 3.63) is 71.6 Å². The summed E-state index contributed by atoms with van der Waals surface area (Å²) in [6, 6.07) is 8.08. The van der Waals surface area contributed by atoms with Crippen molar-refractivity contribution in [2.75, 3.05) is 6.61 Å². The number of hydrogen-bond acceptors (Lipinski definition) is 4. The van der Waals surface area contributed by atoms with Crippen LogP contribution < -0.4 is 10.5 Å². The number of rotatable bonds is 6. The highest BCUT2D eigenvalue weighted by atomic mass is 19.1. The largest absolute Gasteiger partial charge is 0.480 e. The smallest absolute Gasteiger partial charge is 0.341 e. The monoisotopic (exact) mass is 411 g/mol. The molecule has 4 aromatic rings. The highest BCUT2D eigenvalue weighted by Crippen LogP contribution is 2.37. The molecule has 0 aliphatic carbocycles. The topological polar surface area (TPSA) is 107 Å². The lowest BCUT2D eigenvalue weighted by Gasteiger charge is -2.09. The maximum atomic E-state index is 13.7. The molecular formula is C21H15F2N3O4. The van der Waals surface area contributed by atoms with Crippen LogP contribution in [0.5, 0.6) is 5.75 Å². The Morgan fingerprint density at radius 2 is 1.80 bits per heavy atom. The molecule has 0 atom stereocenters. The number of pyridine rings is 1. The quantitative estimate of drug-likeness (QED) is 0.507. The number of carboxylic acids is 1. The van der Waals surface area contributed by atoms with Crippen LogP contribution in [0.2, 0.25) is 0 Å². The summed E-state index contributed by atoms with van der Waals surface area (Å²) in [5.74, 6) is -3.14. The van der Waals surface area contributed by atoms with Crippen molar-refractivity contribution in [2.24, 2.45) is 5.73 Å². The lowest BCUT2D eigenvalue weighted by Crippen LogP contribution is -2.11. The molecule has 1 amide bonds. The highest BCUT2D eigenvalue weighted by Gasteiger charge is 2.20. The number of nitrogens with zero attached hydrogens (tertiary/aromatic N) is 2. The molecule has 2 aromatic heterocycles. The summed E-state index contributed by atoms with van der Waals surface area (Å²) >= 11 is 0. The van der Waals surface area contributed by atoms with Crippen LogP contribution >= 0.6 is 0 Å². The minimum atomic E-state index is -1.18. The van der Waals surface area contributed by atoms with E-state index < -0.39 is 30.1 Å². The number of aromatic nitrogens is 2. The summed E-state index contributed by atoms with van der Waals surface area (Å²) in [6.45, 7) is -0.539. The molecule has 0 spiro atoms. The van der Waals surface area contributed by atoms with Crippen LogP contribution in [0.3, 0.4) is 0 Å². The number of halogens is 2. The number of hydrogen-bond donors (Lipinski definition) is 2. The van der Waals surface area contributed by atoms with Gasteiger partial charge in [-0.3, -0.25) is 9.78 Å². The molecule has 2 heterocycles. The lowest BCUT2D eigenvalue weighted by atomic mass is 10.1. The van der Waals surface area contributed by atoms with E-state index in [0.29, 0.717) is 27.4 Å². The van der Waals surface area contributed by atoms with Crippen LogP contribution in [0, 0.1) is 11.6 Å². The zero-order valence-electron chi connectivity index (χ0n) is 15.4. The van der Waals surface area contributed by atoms with Crippen LogP contribution in [0.15, 0.2) is 48.8 Å². The van der Waals surface area contributed by atoms with Gasteiger partial charge in [0.25, 0.3) is 0 Å². The Bertz CT molecular complexity index is 1300. The van der Waals surface area contributed by atoms with Crippen LogP contribution in [0.25, 0.3) is 21.8 Å². The van der Waals surface area contributed by atoms with Gasteiger partial charge in [0.05, 0.1) is 28.8 Å². The Labute approximate surface area is 168 Å². The van der Waals surface area contributed by atoms with E-state index in [0.717, 1.165) is 6.07 Å². The number of carbonyl (C=O) groups is 2. The SMILES string of the molecule is NC(=O)c1cccc2c1c1c(OCC(=O)O)cncc1n2Cc1cc(F)cc(F)c1. The lowest BCUT2D eigenvalue weighted by molar-refractivity contribution is -0.139. The summed E-state index contributed by atoms with van der Waals surface area (Å²) in [5, 5.41) is 9.84. The average molecular weight is 411 g/mol. The maximum Gasteiger partial charge on any atom is 0.341 e. The molecule has 7 nitrogen and oxygen atoms in total. The molecule has 4 rings (SSSR count). The van der Waals surface area contributed by atoms with Crippen molar-refractivity contribution >= 4 is 33.7 Å². The van der Waals surface area contributed by atoms with Gasteiger partial charge in [-0.1, -0.05) is 6.07 Å². The fourth-order valence-electron chi connectivity index (χ4n) is 3.55. The molecule has 0 radical (unpaired) electrons. The summed E-state index contributed by atoms with van der Waals surface area (Å²) in [7, 11) is 0. The number of carbonyl (C=O) groups excluding carboxylic acids is 1. The first kappa shape index (κ1) is 19.3. The third-order valence-corrected chi connectivity index (χ3v) is 4.64. The molecule has 30 heavy (non-hydrogen) atoms. The number of primary amides is 1. The van der Waals surface area contributed by atoms with E-state index >= 15 is 0 Å². The van der Waals surface area contributed by atoms with Gasteiger partial charge in [-0.25, -0.2) is 13.6 Å². The van der Waals surface area contributed by atoms with E-state index in [4.69, 9.17) is 15.6 Å². The molecule has 9 heteroatoms. The Balaban J connectivity index is 2.01. The number of carboxylic acid groups (broad SMARTS) is 1. The summed E-state index contributed by atoms with van der Waals surface area (Å²) in [6.07, 6.45) is 2.85. The molecule has 3 N–H and O–H groups in total. The number of ether oxygens (including phenoxy) is 1. The van der Waals surface area contributed by atoms with Gasteiger partial charge in [0, 0.05) is 23.6 Å². The van der Waals surface area contributed by atoms with Gasteiger partial charge in [-0.05, 0) is 29.8 Å². The second-order valence-electron chi connectivity index (χ2n) is 6.64. The zero-order valence-corrected chi connectivity index (χ0v) is 15.4. The molecule has 2 aromatic carbocycles. The number of aliphatic carboxylic acids is 1. The number of fused-ring (bicyclic) bond motifs is 3. The molecule has 0 aliphatic rings. The average Bonchev–Trinajstić information content (AvgIpc) is 3.00. The molecule has 0 fully saturated rings. The van der Waals surface area contributed by atoms with E-state index in [1.54, 1.807) is 16.7 Å². The van der Waals surface area contributed by atoms with E-state index in [2.05, 4.69) is 4.98 Å². The van der Waals surface area contributed by atoms with E-state index in [-0.39, 0.29) is 17.9 Å². The summed E-state index contributed by atoms with van der Waals surface area (Å²) in [4.78, 5) is 27.1. The first-order chi connectivity index (χ1) is 14.3. The molecule has 0 unspecified atom stereocenters. The molecule has 0 bridgehead atoms. The molecular weight excluding hydrogens is 396 g/mol. The van der Waals surface area contributed by atoms with Crippen LogP contribution in [0.1, 0.15) is 15.9 Å². The van der Waals surface area contributed by atoms with Crippen LogP contribution in [-0.2, 0) is 11.3 Å². The van der Waals surface area contributed by atoms with Gasteiger partial charge in [0.1, 0.15) is 17.4 Å². The van der Waals surface area contributed by atoms with Gasteiger partial charge in [-0.2, -0.15) is 0 Å². The fraction of sp³-hybridized carbons (Fsp3) is 0.0952. The van der Waals surface area contributed by atoms with Gasteiger partial charge in [0.15, 0.2) is 6.61 Å². The van der Waals surface area contributed by atoms with Crippen molar-refractivity contribution in [3.63, 3.8) is 0 Å². The first-order valence-electron chi connectivity index (χ1n) is 8.83. The van der Waals surface area contributed by atoms with Gasteiger partial charge < -0.3 is 20.1 Å². The molecule has 0 saturated carbocycles. The minimum absolute atomic E-state index is 0.0704. The standard InChI is InChI=1S/C21H15F2N3O4/c22-12-4-11(5-13(23)6-12)9-26-15-3-1-2-14(21(24)29)19(15)20-16(26)7-25-8-17(20)30-10-18(27)28/h1-8H,9-10H2,(H2,24,29)(H,27,28). The Morgan fingerprint density at radius 3 is 2.47 bits per heavy atom. The van der Waals surface area contributed by atoms with Gasteiger partial charge in [0.2, 0.25) is 5.91 Å². The zero-order chi connectivity index (χ0) is 21.4. The van der Waals surface area contributed by atoms with Crippen molar-refractivity contribution in [3.8, 4) is 5.75 Å². The Morgan fingerprint density at radius 1 is 1.07 bits per heavy atom. The third-order valence-electron chi connectivity index (χ3n) is 4.64. The Kier molecular flexibility index (Phi) is 4.78. The summed E-state index contributed by atoms with van der Waals surface area (Å²) < 4.78 is 34.5.